The summed E-state index contributed by atoms with van der Waals surface area (Å²) in [5.41, 5.74) is 10.1. The molecule has 0 atom stereocenters. The molecule has 2 aromatic carbocycles. The van der Waals surface area contributed by atoms with Gasteiger partial charge in [0.25, 0.3) is 0 Å². The van der Waals surface area contributed by atoms with Crippen molar-refractivity contribution in [3.63, 3.8) is 0 Å². The Morgan fingerprint density at radius 2 is 1.81 bits per heavy atom. The third-order valence-corrected chi connectivity index (χ3v) is 3.72. The molecule has 7 nitrogen and oxygen atoms in total. The molecule has 0 spiro atoms. The number of methoxy groups -OCH3 is 1. The number of rotatable bonds is 9. The Kier molecular flexibility index (Phi) is 7.49. The highest BCUT2D eigenvalue weighted by Crippen LogP contribution is 2.27. The number of aryl methyl sites for hydroxylation is 2. The summed E-state index contributed by atoms with van der Waals surface area (Å²) >= 11 is 0. The third kappa shape index (κ3) is 6.54. The van der Waals surface area contributed by atoms with Gasteiger partial charge in [-0.25, -0.2) is 10.2 Å². The van der Waals surface area contributed by atoms with Gasteiger partial charge in [-0.1, -0.05) is 12.1 Å². The highest BCUT2D eigenvalue weighted by atomic mass is 16.5. The van der Waals surface area contributed by atoms with E-state index in [1.165, 1.54) is 11.8 Å². The monoisotopic (exact) mass is 371 g/mol. The standard InChI is InChI=1S/C20H25N3O4/c1-14-5-6-15(2)18(11-14)27-10-4-9-26-17-8-7-16(12-19(17)25-3)13-22-23-20(21)24/h5-8,11-13H,4,9-10H2,1-3H3,(H3,21,23,24)/b22-13-. The number of primary amides is 1. The fourth-order valence-electron chi connectivity index (χ4n) is 2.34. The summed E-state index contributed by atoms with van der Waals surface area (Å²) in [5.74, 6) is 2.11. The Balaban J connectivity index is 1.83. The number of benzene rings is 2. The molecule has 0 fully saturated rings. The van der Waals surface area contributed by atoms with Crippen LogP contribution in [0.25, 0.3) is 0 Å². The average molecular weight is 371 g/mol. The van der Waals surface area contributed by atoms with E-state index in [0.717, 1.165) is 23.3 Å². The van der Waals surface area contributed by atoms with E-state index in [9.17, 15) is 4.79 Å². The van der Waals surface area contributed by atoms with E-state index >= 15 is 0 Å². The Morgan fingerprint density at radius 3 is 2.52 bits per heavy atom. The van der Waals surface area contributed by atoms with Crippen LogP contribution in [0.3, 0.4) is 0 Å². The number of hydrogen-bond acceptors (Lipinski definition) is 5. The molecule has 2 amide bonds. The summed E-state index contributed by atoms with van der Waals surface area (Å²) in [5, 5.41) is 3.71. The average Bonchev–Trinajstić information content (AvgIpc) is 2.64. The molecule has 2 rings (SSSR count). The van der Waals surface area contributed by atoms with E-state index in [4.69, 9.17) is 19.9 Å². The smallest absolute Gasteiger partial charge is 0.332 e. The van der Waals surface area contributed by atoms with Crippen molar-refractivity contribution in [3.8, 4) is 17.2 Å². The van der Waals surface area contributed by atoms with Gasteiger partial charge in [0.1, 0.15) is 5.75 Å². The van der Waals surface area contributed by atoms with Crippen LogP contribution in [-0.4, -0.2) is 32.6 Å². The molecular formula is C20H25N3O4. The summed E-state index contributed by atoms with van der Waals surface area (Å²) in [7, 11) is 1.56. The van der Waals surface area contributed by atoms with Crippen LogP contribution in [0, 0.1) is 13.8 Å². The molecule has 0 unspecified atom stereocenters. The van der Waals surface area contributed by atoms with Gasteiger partial charge in [-0.2, -0.15) is 5.10 Å². The van der Waals surface area contributed by atoms with E-state index < -0.39 is 6.03 Å². The lowest BCUT2D eigenvalue weighted by molar-refractivity contribution is 0.239. The first-order valence-electron chi connectivity index (χ1n) is 8.59. The molecule has 0 bridgehead atoms. The first kappa shape index (κ1) is 20.1. The number of hydrogen-bond donors (Lipinski definition) is 2. The van der Waals surface area contributed by atoms with Gasteiger partial charge >= 0.3 is 6.03 Å². The number of carbonyl (C=O) groups excluding carboxylic acids is 1. The fraction of sp³-hybridized carbons (Fsp3) is 0.300. The van der Waals surface area contributed by atoms with E-state index in [2.05, 4.69) is 22.7 Å². The van der Waals surface area contributed by atoms with Gasteiger partial charge < -0.3 is 19.9 Å². The van der Waals surface area contributed by atoms with Gasteiger partial charge in [0.2, 0.25) is 0 Å². The molecule has 0 saturated carbocycles. The predicted molar refractivity (Wildman–Crippen MR) is 105 cm³/mol. The highest BCUT2D eigenvalue weighted by molar-refractivity contribution is 5.82. The summed E-state index contributed by atoms with van der Waals surface area (Å²) in [6, 6.07) is 10.8. The van der Waals surface area contributed by atoms with Crippen molar-refractivity contribution >= 4 is 12.2 Å². The molecule has 0 aromatic heterocycles. The van der Waals surface area contributed by atoms with Crippen LogP contribution in [0.4, 0.5) is 4.79 Å². The molecule has 2 aromatic rings. The SMILES string of the molecule is COc1cc(/C=N\NC(N)=O)ccc1OCCCOc1cc(C)ccc1C. The van der Waals surface area contributed by atoms with Crippen LogP contribution < -0.4 is 25.4 Å². The quantitative estimate of drug-likeness (QED) is 0.402. The van der Waals surface area contributed by atoms with Crippen LogP contribution in [-0.2, 0) is 0 Å². The third-order valence-electron chi connectivity index (χ3n) is 3.72. The second-order valence-electron chi connectivity index (χ2n) is 5.96. The zero-order valence-corrected chi connectivity index (χ0v) is 15.8. The minimum atomic E-state index is -0.721. The van der Waals surface area contributed by atoms with Crippen LogP contribution in [0.1, 0.15) is 23.1 Å². The van der Waals surface area contributed by atoms with Crippen molar-refractivity contribution in [1.82, 2.24) is 5.43 Å². The maximum absolute atomic E-state index is 10.6. The van der Waals surface area contributed by atoms with Gasteiger partial charge in [-0.3, -0.25) is 0 Å². The molecule has 0 radical (unpaired) electrons. The normalized spacial score (nSPS) is 10.6. The number of carbonyl (C=O) groups is 1. The van der Waals surface area contributed by atoms with E-state index in [0.29, 0.717) is 24.7 Å². The maximum atomic E-state index is 10.6. The molecule has 0 aliphatic rings. The lowest BCUT2D eigenvalue weighted by Gasteiger charge is -2.12. The van der Waals surface area contributed by atoms with Crippen molar-refractivity contribution in [2.24, 2.45) is 10.8 Å². The Hall–Kier alpha value is -3.22. The zero-order chi connectivity index (χ0) is 19.6. The summed E-state index contributed by atoms with van der Waals surface area (Å²) in [4.78, 5) is 10.6. The zero-order valence-electron chi connectivity index (χ0n) is 15.8. The van der Waals surface area contributed by atoms with Gasteiger partial charge in [0.05, 0.1) is 26.5 Å². The van der Waals surface area contributed by atoms with Crippen LogP contribution in [0.5, 0.6) is 17.2 Å². The summed E-state index contributed by atoms with van der Waals surface area (Å²) < 4.78 is 16.9. The van der Waals surface area contributed by atoms with Gasteiger partial charge in [0, 0.05) is 6.42 Å². The lowest BCUT2D eigenvalue weighted by Crippen LogP contribution is -2.24. The molecule has 0 heterocycles. The van der Waals surface area contributed by atoms with Gasteiger partial charge in [-0.05, 0) is 54.8 Å². The van der Waals surface area contributed by atoms with E-state index in [1.54, 1.807) is 25.3 Å². The number of hydrazone groups is 1. The first-order valence-corrected chi connectivity index (χ1v) is 8.59. The lowest BCUT2D eigenvalue weighted by atomic mass is 10.1. The number of nitrogens with zero attached hydrogens (tertiary/aromatic N) is 1. The fourth-order valence-corrected chi connectivity index (χ4v) is 2.34. The Labute approximate surface area is 159 Å². The predicted octanol–water partition coefficient (Wildman–Crippen LogP) is 3.16. The first-order chi connectivity index (χ1) is 13.0. The highest BCUT2D eigenvalue weighted by Gasteiger charge is 2.06. The topological polar surface area (TPSA) is 95.2 Å². The van der Waals surface area contributed by atoms with Gasteiger partial charge in [-0.15, -0.1) is 0 Å². The number of amides is 2. The van der Waals surface area contributed by atoms with Crippen molar-refractivity contribution in [2.45, 2.75) is 20.3 Å². The van der Waals surface area contributed by atoms with E-state index in [-0.39, 0.29) is 0 Å². The van der Waals surface area contributed by atoms with E-state index in [1.807, 2.05) is 19.9 Å². The second-order valence-corrected chi connectivity index (χ2v) is 5.96. The number of ether oxygens (including phenoxy) is 3. The largest absolute Gasteiger partial charge is 0.493 e. The second kappa shape index (κ2) is 10.1. The number of nitrogens with two attached hydrogens (primary N) is 1. The Bertz CT molecular complexity index is 806. The molecule has 0 aliphatic heterocycles. The minimum Gasteiger partial charge on any atom is -0.493 e. The van der Waals surface area contributed by atoms with Gasteiger partial charge in [0.15, 0.2) is 11.5 Å². The molecule has 144 valence electrons. The van der Waals surface area contributed by atoms with Crippen molar-refractivity contribution in [2.75, 3.05) is 20.3 Å². The molecule has 7 heteroatoms. The van der Waals surface area contributed by atoms with Crippen molar-refractivity contribution < 1.29 is 19.0 Å². The Morgan fingerprint density at radius 1 is 1.07 bits per heavy atom. The maximum Gasteiger partial charge on any atom is 0.332 e. The molecule has 27 heavy (non-hydrogen) atoms. The summed E-state index contributed by atoms with van der Waals surface area (Å²) in [6.07, 6.45) is 2.21. The molecule has 0 aliphatic carbocycles. The summed E-state index contributed by atoms with van der Waals surface area (Å²) in [6.45, 7) is 5.13. The van der Waals surface area contributed by atoms with Crippen LogP contribution in [0.2, 0.25) is 0 Å². The van der Waals surface area contributed by atoms with Crippen molar-refractivity contribution in [1.29, 1.82) is 0 Å². The molecule has 0 saturated heterocycles. The molecule has 3 N–H and O–H groups in total. The van der Waals surface area contributed by atoms with Crippen LogP contribution in [0.15, 0.2) is 41.5 Å². The van der Waals surface area contributed by atoms with Crippen molar-refractivity contribution in [3.05, 3.63) is 53.1 Å². The number of urea groups is 1. The number of nitrogens with one attached hydrogen (secondary N) is 1. The minimum absolute atomic E-state index is 0.498. The molecular weight excluding hydrogens is 346 g/mol. The van der Waals surface area contributed by atoms with Crippen LogP contribution >= 0.6 is 0 Å².